The van der Waals surface area contributed by atoms with E-state index in [0.717, 1.165) is 24.8 Å². The topological polar surface area (TPSA) is 64.4 Å². The van der Waals surface area contributed by atoms with Gasteiger partial charge in [0.05, 0.1) is 25.1 Å². The van der Waals surface area contributed by atoms with Crippen molar-refractivity contribution < 1.29 is 13.2 Å². The van der Waals surface area contributed by atoms with Gasteiger partial charge in [-0.05, 0) is 24.8 Å². The molecule has 1 saturated carbocycles. The summed E-state index contributed by atoms with van der Waals surface area (Å²) < 4.78 is 32.9. The monoisotopic (exact) mass is 299 g/mol. The summed E-state index contributed by atoms with van der Waals surface area (Å²) in [5.74, 6) is 0.886. The molecule has 2 aliphatic rings. The fraction of sp³-hybridized carbons (Fsp3) is 0.769. The minimum absolute atomic E-state index is 0.157. The van der Waals surface area contributed by atoms with Gasteiger partial charge >= 0.3 is 0 Å². The van der Waals surface area contributed by atoms with Crippen LogP contribution in [-0.2, 0) is 27.8 Å². The fourth-order valence-corrected chi connectivity index (χ4v) is 3.39. The molecule has 0 spiro atoms. The van der Waals surface area contributed by atoms with Crippen molar-refractivity contribution in [1.82, 2.24) is 14.1 Å². The molecular weight excluding hydrogens is 278 g/mol. The first kappa shape index (κ1) is 14.0. The molecule has 7 heteroatoms. The lowest BCUT2D eigenvalue weighted by molar-refractivity contribution is 0.0798. The predicted octanol–water partition coefficient (Wildman–Crippen LogP) is 0.701. The Kier molecular flexibility index (Phi) is 3.83. The number of hydrogen-bond acceptors (Lipinski definition) is 4. The van der Waals surface area contributed by atoms with E-state index in [1.54, 1.807) is 6.20 Å². The molecule has 0 aromatic carbocycles. The zero-order valence-corrected chi connectivity index (χ0v) is 12.6. The zero-order valence-electron chi connectivity index (χ0n) is 11.7. The Hall–Kier alpha value is -0.920. The lowest BCUT2D eigenvalue weighted by Gasteiger charge is -2.21. The standard InChI is InChI=1S/C13H21N3O3S/c1-20(17,18)15-6-12(10-19-9-11-2-3-11)7-16-13(8-15)4-5-14-16/h4-5,11-12H,2-3,6-10H2,1H3. The van der Waals surface area contributed by atoms with Gasteiger partial charge in [-0.25, -0.2) is 8.42 Å². The molecule has 6 nitrogen and oxygen atoms in total. The molecule has 1 fully saturated rings. The summed E-state index contributed by atoms with van der Waals surface area (Å²) in [6, 6.07) is 1.88. The summed E-state index contributed by atoms with van der Waals surface area (Å²) in [6.07, 6.45) is 5.53. The van der Waals surface area contributed by atoms with E-state index >= 15 is 0 Å². The number of hydrogen-bond donors (Lipinski definition) is 0. The van der Waals surface area contributed by atoms with Crippen molar-refractivity contribution in [2.24, 2.45) is 11.8 Å². The number of ether oxygens (including phenoxy) is 1. The van der Waals surface area contributed by atoms with Gasteiger partial charge < -0.3 is 4.74 Å². The van der Waals surface area contributed by atoms with Crippen LogP contribution >= 0.6 is 0 Å². The predicted molar refractivity (Wildman–Crippen MR) is 74.5 cm³/mol. The second-order valence-electron chi connectivity index (χ2n) is 5.91. The maximum atomic E-state index is 11.9. The molecule has 0 radical (unpaired) electrons. The molecule has 3 rings (SSSR count). The number of sulfonamides is 1. The average Bonchev–Trinajstić information content (AvgIpc) is 3.12. The van der Waals surface area contributed by atoms with Crippen LogP contribution in [0.1, 0.15) is 18.5 Å². The molecule has 1 aliphatic heterocycles. The Morgan fingerprint density at radius 3 is 2.75 bits per heavy atom. The van der Waals surface area contributed by atoms with Crippen LogP contribution in [0.4, 0.5) is 0 Å². The van der Waals surface area contributed by atoms with Crippen molar-refractivity contribution in [3.05, 3.63) is 18.0 Å². The summed E-state index contributed by atoms with van der Waals surface area (Å²) in [6.45, 7) is 3.03. The number of fused-ring (bicyclic) bond motifs is 1. The van der Waals surface area contributed by atoms with Gasteiger partial charge in [-0.2, -0.15) is 9.40 Å². The highest BCUT2D eigenvalue weighted by Gasteiger charge is 2.28. The van der Waals surface area contributed by atoms with Crippen LogP contribution in [-0.4, -0.2) is 48.5 Å². The molecule has 20 heavy (non-hydrogen) atoms. The Morgan fingerprint density at radius 2 is 2.05 bits per heavy atom. The SMILES string of the molecule is CS(=O)(=O)N1Cc2ccnn2CC(COCC2CC2)C1. The van der Waals surface area contributed by atoms with E-state index in [-0.39, 0.29) is 5.92 Å². The Bertz CT molecular complexity index is 565. The summed E-state index contributed by atoms with van der Waals surface area (Å²) in [7, 11) is -3.20. The second kappa shape index (κ2) is 5.46. The van der Waals surface area contributed by atoms with Crippen LogP contribution in [0.3, 0.4) is 0 Å². The third-order valence-corrected chi connectivity index (χ3v) is 5.13. The minimum atomic E-state index is -3.20. The van der Waals surface area contributed by atoms with Gasteiger partial charge in [-0.1, -0.05) is 0 Å². The minimum Gasteiger partial charge on any atom is -0.381 e. The van der Waals surface area contributed by atoms with Crippen molar-refractivity contribution in [2.45, 2.75) is 25.9 Å². The van der Waals surface area contributed by atoms with E-state index in [4.69, 9.17) is 4.74 Å². The highest BCUT2D eigenvalue weighted by Crippen LogP contribution is 2.29. The summed E-state index contributed by atoms with van der Waals surface area (Å²) >= 11 is 0. The average molecular weight is 299 g/mol. The number of nitrogens with zero attached hydrogens (tertiary/aromatic N) is 3. The quantitative estimate of drug-likeness (QED) is 0.803. The first-order chi connectivity index (χ1) is 9.52. The van der Waals surface area contributed by atoms with E-state index < -0.39 is 10.0 Å². The molecule has 0 amide bonds. The van der Waals surface area contributed by atoms with Crippen molar-refractivity contribution in [3.8, 4) is 0 Å². The van der Waals surface area contributed by atoms with Gasteiger partial charge in [0.1, 0.15) is 0 Å². The van der Waals surface area contributed by atoms with E-state index in [1.165, 1.54) is 23.4 Å². The fourth-order valence-electron chi connectivity index (χ4n) is 2.54. The highest BCUT2D eigenvalue weighted by molar-refractivity contribution is 7.88. The lowest BCUT2D eigenvalue weighted by atomic mass is 10.1. The van der Waals surface area contributed by atoms with Gasteiger partial charge in [0.25, 0.3) is 0 Å². The molecule has 2 heterocycles. The molecule has 1 aromatic rings. The number of aromatic nitrogens is 2. The van der Waals surface area contributed by atoms with E-state index in [9.17, 15) is 8.42 Å². The maximum Gasteiger partial charge on any atom is 0.211 e. The smallest absolute Gasteiger partial charge is 0.211 e. The third-order valence-electron chi connectivity index (χ3n) is 3.91. The third kappa shape index (κ3) is 3.39. The second-order valence-corrected chi connectivity index (χ2v) is 7.89. The first-order valence-corrected chi connectivity index (χ1v) is 8.91. The van der Waals surface area contributed by atoms with Gasteiger partial charge in [0.15, 0.2) is 0 Å². The normalized spacial score (nSPS) is 24.4. The van der Waals surface area contributed by atoms with Crippen LogP contribution in [0.25, 0.3) is 0 Å². The summed E-state index contributed by atoms with van der Waals surface area (Å²) in [4.78, 5) is 0. The van der Waals surface area contributed by atoms with E-state index in [2.05, 4.69) is 5.10 Å². The van der Waals surface area contributed by atoms with Gasteiger partial charge in [-0.15, -0.1) is 0 Å². The molecule has 112 valence electrons. The van der Waals surface area contributed by atoms with Crippen LogP contribution < -0.4 is 0 Å². The molecule has 0 bridgehead atoms. The van der Waals surface area contributed by atoms with Gasteiger partial charge in [-0.3, -0.25) is 4.68 Å². The van der Waals surface area contributed by atoms with Crippen molar-refractivity contribution in [1.29, 1.82) is 0 Å². The Labute approximate surface area is 119 Å². The van der Waals surface area contributed by atoms with Gasteiger partial charge in [0.2, 0.25) is 10.0 Å². The van der Waals surface area contributed by atoms with E-state index in [0.29, 0.717) is 19.7 Å². The molecule has 0 saturated heterocycles. The first-order valence-electron chi connectivity index (χ1n) is 7.06. The van der Waals surface area contributed by atoms with Crippen molar-refractivity contribution in [2.75, 3.05) is 26.0 Å². The summed E-state index contributed by atoms with van der Waals surface area (Å²) in [5.41, 5.74) is 0.945. The Balaban J connectivity index is 1.69. The van der Waals surface area contributed by atoms with Crippen LogP contribution in [0.15, 0.2) is 12.3 Å². The largest absolute Gasteiger partial charge is 0.381 e. The highest BCUT2D eigenvalue weighted by atomic mass is 32.2. The molecule has 0 N–H and O–H groups in total. The van der Waals surface area contributed by atoms with Crippen LogP contribution in [0.5, 0.6) is 0 Å². The van der Waals surface area contributed by atoms with Crippen molar-refractivity contribution >= 4 is 10.0 Å². The van der Waals surface area contributed by atoms with Crippen molar-refractivity contribution in [3.63, 3.8) is 0 Å². The van der Waals surface area contributed by atoms with Crippen LogP contribution in [0.2, 0.25) is 0 Å². The molecule has 1 aliphatic carbocycles. The molecule has 1 unspecified atom stereocenters. The molecule has 1 aromatic heterocycles. The Morgan fingerprint density at radius 1 is 1.30 bits per heavy atom. The number of rotatable bonds is 5. The van der Waals surface area contributed by atoms with Gasteiger partial charge in [0, 0.05) is 31.8 Å². The van der Waals surface area contributed by atoms with E-state index in [1.807, 2.05) is 10.7 Å². The molecular formula is C13H21N3O3S. The zero-order chi connectivity index (χ0) is 14.2. The molecule has 1 atom stereocenters. The summed E-state index contributed by atoms with van der Waals surface area (Å²) in [5, 5.41) is 4.28. The lowest BCUT2D eigenvalue weighted by Crippen LogP contribution is -2.34. The maximum absolute atomic E-state index is 11.9. The van der Waals surface area contributed by atoms with Crippen LogP contribution in [0, 0.1) is 11.8 Å².